The Morgan fingerprint density at radius 1 is 1.60 bits per heavy atom. The molecule has 0 bridgehead atoms. The molecule has 2 heterocycles. The summed E-state index contributed by atoms with van der Waals surface area (Å²) in [7, 11) is 1.94. The number of hydrogen-bond donors (Lipinski definition) is 1. The molecular weight excluding hydrogens is 290 g/mol. The van der Waals surface area contributed by atoms with Crippen molar-refractivity contribution in [3.63, 3.8) is 0 Å². The second-order valence-corrected chi connectivity index (χ2v) is 7.01. The number of aryl methyl sites for hydroxylation is 3. The van der Waals surface area contributed by atoms with E-state index in [-0.39, 0.29) is 6.04 Å². The zero-order valence-electron chi connectivity index (χ0n) is 11.9. The third-order valence-electron chi connectivity index (χ3n) is 4.31. The van der Waals surface area contributed by atoms with Gasteiger partial charge in [0.25, 0.3) is 0 Å². The lowest BCUT2D eigenvalue weighted by Crippen LogP contribution is -2.33. The maximum absolute atomic E-state index is 6.51. The first-order valence-corrected chi connectivity index (χ1v) is 8.33. The molecule has 2 aromatic heterocycles. The Hall–Kier alpha value is -0.840. The van der Waals surface area contributed by atoms with E-state index < -0.39 is 0 Å². The van der Waals surface area contributed by atoms with Gasteiger partial charge in [-0.05, 0) is 43.2 Å². The van der Waals surface area contributed by atoms with E-state index in [1.54, 1.807) is 0 Å². The average Bonchev–Trinajstić information content (AvgIpc) is 2.99. The van der Waals surface area contributed by atoms with E-state index in [4.69, 9.17) is 17.3 Å². The van der Waals surface area contributed by atoms with E-state index in [0.717, 1.165) is 22.8 Å². The smallest absolute Gasteiger partial charge is 0.0847 e. The van der Waals surface area contributed by atoms with Crippen LogP contribution in [-0.2, 0) is 19.9 Å². The fraction of sp³-hybridized carbons (Fsp3) is 0.533. The first-order valence-electron chi connectivity index (χ1n) is 7.07. The topological polar surface area (TPSA) is 43.8 Å². The molecule has 1 aliphatic rings. The second kappa shape index (κ2) is 5.51. The van der Waals surface area contributed by atoms with Crippen molar-refractivity contribution in [1.29, 1.82) is 0 Å². The van der Waals surface area contributed by atoms with Gasteiger partial charge in [0.15, 0.2) is 0 Å². The van der Waals surface area contributed by atoms with Crippen molar-refractivity contribution in [2.24, 2.45) is 12.8 Å². The molecule has 2 unspecified atom stereocenters. The summed E-state index contributed by atoms with van der Waals surface area (Å²) >= 11 is 8.20. The fourth-order valence-corrected chi connectivity index (χ4v) is 4.47. The van der Waals surface area contributed by atoms with Gasteiger partial charge in [0.1, 0.15) is 0 Å². The van der Waals surface area contributed by atoms with Crippen LogP contribution in [0.4, 0.5) is 0 Å². The zero-order chi connectivity index (χ0) is 14.3. The van der Waals surface area contributed by atoms with Gasteiger partial charge in [0, 0.05) is 30.3 Å². The highest BCUT2D eigenvalue weighted by Crippen LogP contribution is 2.37. The molecule has 0 saturated carbocycles. The molecule has 0 spiro atoms. The van der Waals surface area contributed by atoms with Crippen molar-refractivity contribution >= 4 is 22.9 Å². The highest BCUT2D eigenvalue weighted by atomic mass is 35.5. The van der Waals surface area contributed by atoms with Crippen LogP contribution in [0.2, 0.25) is 5.02 Å². The van der Waals surface area contributed by atoms with Gasteiger partial charge >= 0.3 is 0 Å². The SMILES string of the molecule is Cc1nn(C)c(CC(N)C2CCCc3sccc32)c1Cl. The molecule has 0 fully saturated rings. The van der Waals surface area contributed by atoms with Crippen LogP contribution in [0.5, 0.6) is 0 Å². The minimum absolute atomic E-state index is 0.107. The molecule has 0 amide bonds. The summed E-state index contributed by atoms with van der Waals surface area (Å²) in [5.41, 5.74) is 9.91. The van der Waals surface area contributed by atoms with Gasteiger partial charge in [-0.3, -0.25) is 4.68 Å². The van der Waals surface area contributed by atoms with Crippen LogP contribution in [0, 0.1) is 6.92 Å². The molecular formula is C15H20ClN3S. The minimum atomic E-state index is 0.107. The monoisotopic (exact) mass is 309 g/mol. The molecule has 3 rings (SSSR count). The Balaban J connectivity index is 1.83. The van der Waals surface area contributed by atoms with Crippen LogP contribution >= 0.6 is 22.9 Å². The highest BCUT2D eigenvalue weighted by molar-refractivity contribution is 7.10. The predicted octanol–water partition coefficient (Wildman–Crippen LogP) is 3.43. The van der Waals surface area contributed by atoms with Crippen molar-refractivity contribution < 1.29 is 0 Å². The Kier molecular flexibility index (Phi) is 3.89. The van der Waals surface area contributed by atoms with Crippen LogP contribution in [-0.4, -0.2) is 15.8 Å². The molecule has 0 saturated heterocycles. The van der Waals surface area contributed by atoms with Crippen LogP contribution in [0.1, 0.15) is 40.6 Å². The summed E-state index contributed by atoms with van der Waals surface area (Å²) in [5, 5.41) is 7.33. The highest BCUT2D eigenvalue weighted by Gasteiger charge is 2.28. The number of halogens is 1. The normalized spacial score (nSPS) is 19.9. The van der Waals surface area contributed by atoms with E-state index in [2.05, 4.69) is 16.5 Å². The number of hydrogen-bond acceptors (Lipinski definition) is 3. The molecule has 2 N–H and O–H groups in total. The lowest BCUT2D eigenvalue weighted by atomic mass is 9.81. The third-order valence-corrected chi connectivity index (χ3v) is 5.79. The third kappa shape index (κ3) is 2.41. The summed E-state index contributed by atoms with van der Waals surface area (Å²) in [6.45, 7) is 1.94. The lowest BCUT2D eigenvalue weighted by molar-refractivity contribution is 0.455. The Morgan fingerprint density at radius 2 is 2.40 bits per heavy atom. The quantitative estimate of drug-likeness (QED) is 0.944. The van der Waals surface area contributed by atoms with E-state index in [9.17, 15) is 0 Å². The first kappa shape index (κ1) is 14.1. The van der Waals surface area contributed by atoms with Gasteiger partial charge in [0.2, 0.25) is 0 Å². The molecule has 2 aromatic rings. The molecule has 0 aliphatic heterocycles. The first-order chi connectivity index (χ1) is 9.58. The summed E-state index contributed by atoms with van der Waals surface area (Å²) in [6.07, 6.45) is 4.42. The zero-order valence-corrected chi connectivity index (χ0v) is 13.5. The van der Waals surface area contributed by atoms with Gasteiger partial charge in [-0.1, -0.05) is 11.6 Å². The summed E-state index contributed by atoms with van der Waals surface area (Å²) in [5.74, 6) is 0.455. The number of fused-ring (bicyclic) bond motifs is 1. The van der Waals surface area contributed by atoms with Crippen molar-refractivity contribution in [1.82, 2.24) is 9.78 Å². The van der Waals surface area contributed by atoms with Crippen LogP contribution in [0.15, 0.2) is 11.4 Å². The maximum Gasteiger partial charge on any atom is 0.0847 e. The van der Waals surface area contributed by atoms with Crippen LogP contribution in [0.3, 0.4) is 0 Å². The van der Waals surface area contributed by atoms with Gasteiger partial charge in [0.05, 0.1) is 16.4 Å². The minimum Gasteiger partial charge on any atom is -0.327 e. The van der Waals surface area contributed by atoms with E-state index in [1.165, 1.54) is 29.7 Å². The molecule has 0 aromatic carbocycles. The predicted molar refractivity (Wildman–Crippen MR) is 84.6 cm³/mol. The van der Waals surface area contributed by atoms with E-state index >= 15 is 0 Å². The molecule has 3 nitrogen and oxygen atoms in total. The second-order valence-electron chi connectivity index (χ2n) is 5.64. The number of aromatic nitrogens is 2. The largest absolute Gasteiger partial charge is 0.327 e. The average molecular weight is 310 g/mol. The van der Waals surface area contributed by atoms with Crippen molar-refractivity contribution in [2.75, 3.05) is 0 Å². The Morgan fingerprint density at radius 3 is 3.10 bits per heavy atom. The fourth-order valence-electron chi connectivity index (χ4n) is 3.23. The van der Waals surface area contributed by atoms with Crippen molar-refractivity contribution in [3.05, 3.63) is 38.3 Å². The van der Waals surface area contributed by atoms with Crippen LogP contribution < -0.4 is 5.73 Å². The van der Waals surface area contributed by atoms with Gasteiger partial charge in [-0.15, -0.1) is 11.3 Å². The number of nitrogens with two attached hydrogens (primary N) is 1. The molecule has 1 aliphatic carbocycles. The molecule has 20 heavy (non-hydrogen) atoms. The lowest BCUT2D eigenvalue weighted by Gasteiger charge is -2.28. The molecule has 108 valence electrons. The number of nitrogens with zero attached hydrogens (tertiary/aromatic N) is 2. The maximum atomic E-state index is 6.51. The van der Waals surface area contributed by atoms with Crippen molar-refractivity contribution in [3.8, 4) is 0 Å². The molecule has 2 atom stereocenters. The molecule has 0 radical (unpaired) electrons. The van der Waals surface area contributed by atoms with Gasteiger partial charge < -0.3 is 5.73 Å². The Labute approximate surface area is 128 Å². The Bertz CT molecular complexity index is 617. The van der Waals surface area contributed by atoms with Gasteiger partial charge in [-0.25, -0.2) is 0 Å². The molecule has 5 heteroatoms. The van der Waals surface area contributed by atoms with E-state index in [0.29, 0.717) is 5.92 Å². The number of thiophene rings is 1. The summed E-state index contributed by atoms with van der Waals surface area (Å²) in [4.78, 5) is 1.52. The summed E-state index contributed by atoms with van der Waals surface area (Å²) in [6, 6.07) is 2.36. The standard InChI is InChI=1S/C15H20ClN3S/c1-9-15(16)13(19(2)18-9)8-12(17)10-4-3-5-14-11(10)6-7-20-14/h6-7,10,12H,3-5,8,17H2,1-2H3. The number of rotatable bonds is 3. The van der Waals surface area contributed by atoms with Crippen LogP contribution in [0.25, 0.3) is 0 Å². The summed E-state index contributed by atoms with van der Waals surface area (Å²) < 4.78 is 1.87. The van der Waals surface area contributed by atoms with E-state index in [1.807, 2.05) is 30.0 Å². The van der Waals surface area contributed by atoms with Crippen molar-refractivity contribution in [2.45, 2.75) is 44.6 Å². The van der Waals surface area contributed by atoms with Gasteiger partial charge in [-0.2, -0.15) is 5.10 Å².